The second kappa shape index (κ2) is 5.94. The first-order valence-corrected chi connectivity index (χ1v) is 6.86. The summed E-state index contributed by atoms with van der Waals surface area (Å²) in [5, 5.41) is 5.87. The third-order valence-electron chi connectivity index (χ3n) is 3.65. The number of nitrogens with zero attached hydrogens (tertiary/aromatic N) is 1. The molecule has 5 heteroatoms. The Morgan fingerprint density at radius 1 is 1.45 bits per heavy atom. The maximum Gasteiger partial charge on any atom is 0.253 e. The van der Waals surface area contributed by atoms with Gasteiger partial charge in [-0.25, -0.2) is 0 Å². The molecule has 0 aromatic heterocycles. The first-order chi connectivity index (χ1) is 9.52. The van der Waals surface area contributed by atoms with E-state index in [2.05, 4.69) is 10.6 Å². The highest BCUT2D eigenvalue weighted by Crippen LogP contribution is 2.23. The summed E-state index contributed by atoms with van der Waals surface area (Å²) < 4.78 is 0. The molecule has 1 heterocycles. The molecular weight excluding hydrogens is 254 g/mol. The molecule has 1 aromatic carbocycles. The number of nitrogens with one attached hydrogen (secondary N) is 2. The SMILES string of the molecule is CNC(=O)C(C)CN(C)C(=O)c1ccc2c(c1)CCN2. The lowest BCUT2D eigenvalue weighted by atomic mass is 10.1. The molecule has 108 valence electrons. The van der Waals surface area contributed by atoms with Crippen LogP contribution in [0.25, 0.3) is 0 Å². The van der Waals surface area contributed by atoms with Gasteiger partial charge in [-0.15, -0.1) is 0 Å². The Hall–Kier alpha value is -2.04. The number of anilines is 1. The predicted molar refractivity (Wildman–Crippen MR) is 78.8 cm³/mol. The summed E-state index contributed by atoms with van der Waals surface area (Å²) in [6.07, 6.45) is 0.953. The van der Waals surface area contributed by atoms with Crippen LogP contribution < -0.4 is 10.6 Å². The molecule has 0 saturated heterocycles. The van der Waals surface area contributed by atoms with Crippen LogP contribution >= 0.6 is 0 Å². The van der Waals surface area contributed by atoms with Crippen molar-refractivity contribution in [1.82, 2.24) is 10.2 Å². The molecule has 1 unspecified atom stereocenters. The second-order valence-electron chi connectivity index (χ2n) is 5.25. The van der Waals surface area contributed by atoms with Gasteiger partial charge in [-0.2, -0.15) is 0 Å². The van der Waals surface area contributed by atoms with Crippen molar-refractivity contribution in [3.8, 4) is 0 Å². The van der Waals surface area contributed by atoms with Crippen molar-refractivity contribution < 1.29 is 9.59 Å². The van der Waals surface area contributed by atoms with Crippen molar-refractivity contribution in [1.29, 1.82) is 0 Å². The minimum Gasteiger partial charge on any atom is -0.384 e. The minimum atomic E-state index is -0.218. The van der Waals surface area contributed by atoms with Crippen molar-refractivity contribution in [2.24, 2.45) is 5.92 Å². The molecule has 20 heavy (non-hydrogen) atoms. The Labute approximate surface area is 119 Å². The van der Waals surface area contributed by atoms with Gasteiger partial charge in [0, 0.05) is 38.4 Å². The normalized spacial score (nSPS) is 14.2. The summed E-state index contributed by atoms with van der Waals surface area (Å²) in [6.45, 7) is 3.15. The number of carbonyl (C=O) groups is 2. The van der Waals surface area contributed by atoms with Crippen molar-refractivity contribution in [3.63, 3.8) is 0 Å². The third kappa shape index (κ3) is 2.92. The van der Waals surface area contributed by atoms with Gasteiger partial charge in [-0.3, -0.25) is 9.59 Å². The molecule has 5 nitrogen and oxygen atoms in total. The summed E-state index contributed by atoms with van der Waals surface area (Å²) in [7, 11) is 3.33. The Bertz CT molecular complexity index is 528. The van der Waals surface area contributed by atoms with Gasteiger partial charge < -0.3 is 15.5 Å². The van der Waals surface area contributed by atoms with E-state index in [1.54, 1.807) is 19.0 Å². The highest BCUT2D eigenvalue weighted by molar-refractivity contribution is 5.95. The summed E-state index contributed by atoms with van der Waals surface area (Å²) >= 11 is 0. The van der Waals surface area contributed by atoms with Crippen LogP contribution in [0.1, 0.15) is 22.8 Å². The van der Waals surface area contributed by atoms with Crippen molar-refractivity contribution in [2.45, 2.75) is 13.3 Å². The molecule has 0 spiro atoms. The maximum absolute atomic E-state index is 12.4. The average molecular weight is 275 g/mol. The largest absolute Gasteiger partial charge is 0.384 e. The van der Waals surface area contributed by atoms with Gasteiger partial charge in [0.15, 0.2) is 0 Å². The molecule has 0 radical (unpaired) electrons. The van der Waals surface area contributed by atoms with Crippen LogP contribution in [-0.2, 0) is 11.2 Å². The van der Waals surface area contributed by atoms with E-state index in [4.69, 9.17) is 0 Å². The van der Waals surface area contributed by atoms with E-state index in [0.29, 0.717) is 12.1 Å². The summed E-state index contributed by atoms with van der Waals surface area (Å²) in [6, 6.07) is 5.73. The van der Waals surface area contributed by atoms with E-state index in [-0.39, 0.29) is 17.7 Å². The number of amides is 2. The Morgan fingerprint density at radius 3 is 2.90 bits per heavy atom. The van der Waals surface area contributed by atoms with Crippen molar-refractivity contribution in [3.05, 3.63) is 29.3 Å². The number of rotatable bonds is 4. The van der Waals surface area contributed by atoms with Gasteiger partial charge in [0.2, 0.25) is 5.91 Å². The van der Waals surface area contributed by atoms with Crippen LogP contribution in [-0.4, -0.2) is 43.9 Å². The van der Waals surface area contributed by atoms with Crippen LogP contribution in [0, 0.1) is 5.92 Å². The van der Waals surface area contributed by atoms with Crippen LogP contribution in [0.5, 0.6) is 0 Å². The average Bonchev–Trinajstić information content (AvgIpc) is 2.92. The van der Waals surface area contributed by atoms with E-state index in [0.717, 1.165) is 18.7 Å². The van der Waals surface area contributed by atoms with E-state index >= 15 is 0 Å². The lowest BCUT2D eigenvalue weighted by Gasteiger charge is -2.21. The number of hydrogen-bond acceptors (Lipinski definition) is 3. The molecular formula is C15H21N3O2. The van der Waals surface area contributed by atoms with Gasteiger partial charge in [-0.1, -0.05) is 6.92 Å². The number of carbonyl (C=O) groups excluding carboxylic acids is 2. The fourth-order valence-electron chi connectivity index (χ4n) is 2.48. The Balaban J connectivity index is 2.05. The second-order valence-corrected chi connectivity index (χ2v) is 5.25. The van der Waals surface area contributed by atoms with Gasteiger partial charge in [0.25, 0.3) is 5.91 Å². The minimum absolute atomic E-state index is 0.0459. The fourth-order valence-corrected chi connectivity index (χ4v) is 2.48. The fraction of sp³-hybridized carbons (Fsp3) is 0.467. The lowest BCUT2D eigenvalue weighted by Crippen LogP contribution is -2.37. The first-order valence-electron chi connectivity index (χ1n) is 6.86. The van der Waals surface area contributed by atoms with Gasteiger partial charge in [0.05, 0.1) is 5.92 Å². The number of fused-ring (bicyclic) bond motifs is 1. The highest BCUT2D eigenvalue weighted by atomic mass is 16.2. The smallest absolute Gasteiger partial charge is 0.253 e. The molecule has 0 saturated carbocycles. The van der Waals surface area contributed by atoms with E-state index in [9.17, 15) is 9.59 Å². The molecule has 1 aliphatic rings. The standard InChI is InChI=1S/C15H21N3O2/c1-10(14(19)16-2)9-18(3)15(20)12-4-5-13-11(8-12)6-7-17-13/h4-5,8,10,17H,6-7,9H2,1-3H3,(H,16,19). The van der Waals surface area contributed by atoms with Gasteiger partial charge in [0.1, 0.15) is 0 Å². The van der Waals surface area contributed by atoms with Crippen LogP contribution in [0.4, 0.5) is 5.69 Å². The zero-order valence-electron chi connectivity index (χ0n) is 12.2. The van der Waals surface area contributed by atoms with Gasteiger partial charge >= 0.3 is 0 Å². The van der Waals surface area contributed by atoms with E-state index < -0.39 is 0 Å². The topological polar surface area (TPSA) is 61.4 Å². The zero-order chi connectivity index (χ0) is 14.7. The molecule has 0 fully saturated rings. The number of benzene rings is 1. The first kappa shape index (κ1) is 14.4. The molecule has 2 N–H and O–H groups in total. The summed E-state index contributed by atoms with van der Waals surface area (Å²) in [4.78, 5) is 25.5. The molecule has 2 rings (SSSR count). The summed E-state index contributed by atoms with van der Waals surface area (Å²) in [5.41, 5.74) is 2.98. The Kier molecular flexibility index (Phi) is 4.27. The molecule has 2 amide bonds. The van der Waals surface area contributed by atoms with Gasteiger partial charge in [-0.05, 0) is 30.2 Å². The van der Waals surface area contributed by atoms with Crippen molar-refractivity contribution in [2.75, 3.05) is 32.5 Å². The quantitative estimate of drug-likeness (QED) is 0.865. The van der Waals surface area contributed by atoms with Crippen molar-refractivity contribution >= 4 is 17.5 Å². The third-order valence-corrected chi connectivity index (χ3v) is 3.65. The van der Waals surface area contributed by atoms with Crippen LogP contribution in [0.2, 0.25) is 0 Å². The molecule has 0 bridgehead atoms. The van der Waals surface area contributed by atoms with E-state index in [1.165, 1.54) is 5.56 Å². The number of hydrogen-bond donors (Lipinski definition) is 2. The summed E-state index contributed by atoms with van der Waals surface area (Å²) in [5.74, 6) is -0.316. The molecule has 1 atom stereocenters. The molecule has 1 aromatic rings. The predicted octanol–water partition coefficient (Wildman–Crippen LogP) is 1.11. The maximum atomic E-state index is 12.4. The zero-order valence-corrected chi connectivity index (χ0v) is 12.2. The monoisotopic (exact) mass is 275 g/mol. The Morgan fingerprint density at radius 2 is 2.20 bits per heavy atom. The molecule has 1 aliphatic heterocycles. The van der Waals surface area contributed by atoms with Crippen LogP contribution in [0.3, 0.4) is 0 Å². The van der Waals surface area contributed by atoms with E-state index in [1.807, 2.05) is 25.1 Å². The highest BCUT2D eigenvalue weighted by Gasteiger charge is 2.20. The lowest BCUT2D eigenvalue weighted by molar-refractivity contribution is -0.124. The van der Waals surface area contributed by atoms with Crippen LogP contribution in [0.15, 0.2) is 18.2 Å². The molecule has 0 aliphatic carbocycles.